The summed E-state index contributed by atoms with van der Waals surface area (Å²) < 4.78 is 4.82. The number of ketones is 1. The van der Waals surface area contributed by atoms with Gasteiger partial charge in [-0.1, -0.05) is 13.8 Å². The van der Waals surface area contributed by atoms with E-state index < -0.39 is 0 Å². The largest absolute Gasteiger partial charge is 0.481 e. The summed E-state index contributed by atoms with van der Waals surface area (Å²) in [5, 5.41) is 8.28. The van der Waals surface area contributed by atoms with Gasteiger partial charge in [0.05, 0.1) is 19.6 Å². The van der Waals surface area contributed by atoms with Gasteiger partial charge < -0.3 is 4.74 Å². The molecule has 0 aromatic carbocycles. The van der Waals surface area contributed by atoms with E-state index >= 15 is 0 Å². The van der Waals surface area contributed by atoms with Crippen LogP contribution in [0, 0.1) is 11.3 Å². The minimum absolute atomic E-state index is 0.117. The van der Waals surface area contributed by atoms with Crippen LogP contribution >= 0.6 is 0 Å². The molecule has 0 atom stereocenters. The zero-order valence-corrected chi connectivity index (χ0v) is 9.15. The Bertz CT molecular complexity index is 339. The van der Waals surface area contributed by atoms with Gasteiger partial charge in [-0.15, -0.1) is 0 Å². The third-order valence-electron chi connectivity index (χ3n) is 1.51. The second-order valence-corrected chi connectivity index (χ2v) is 2.35. The molecule has 0 aliphatic heterocycles. The molecule has 0 radical (unpaired) electrons. The van der Waals surface area contributed by atoms with Crippen molar-refractivity contribution >= 4 is 5.78 Å². The molecule has 1 aromatic rings. The molecule has 0 aliphatic carbocycles. The predicted octanol–water partition coefficient (Wildman–Crippen LogP) is 2.21. The van der Waals surface area contributed by atoms with Crippen LogP contribution in [-0.2, 0) is 0 Å². The van der Waals surface area contributed by atoms with Crippen molar-refractivity contribution in [3.05, 3.63) is 23.9 Å². The van der Waals surface area contributed by atoms with Gasteiger partial charge in [0.15, 0.2) is 5.78 Å². The van der Waals surface area contributed by atoms with Crippen LogP contribution in [0.2, 0.25) is 0 Å². The molecule has 15 heavy (non-hydrogen) atoms. The van der Waals surface area contributed by atoms with Crippen molar-refractivity contribution in [2.75, 3.05) is 7.11 Å². The zero-order valence-electron chi connectivity index (χ0n) is 9.15. The Kier molecular flexibility index (Phi) is 6.56. The molecule has 0 N–H and O–H groups in total. The predicted molar refractivity (Wildman–Crippen MR) is 56.7 cm³/mol. The maximum absolute atomic E-state index is 11.1. The maximum atomic E-state index is 11.1. The van der Waals surface area contributed by atoms with Gasteiger partial charge in [0.2, 0.25) is 5.88 Å². The van der Waals surface area contributed by atoms with Crippen molar-refractivity contribution in [3.8, 4) is 11.9 Å². The summed E-state index contributed by atoms with van der Waals surface area (Å²) in [5.41, 5.74) is 0.433. The second-order valence-electron chi connectivity index (χ2n) is 2.35. The molecule has 1 rings (SSSR count). The lowest BCUT2D eigenvalue weighted by Gasteiger charge is -1.98. The van der Waals surface area contributed by atoms with E-state index in [9.17, 15) is 4.79 Å². The molecule has 0 amide bonds. The molecule has 0 aliphatic rings. The van der Waals surface area contributed by atoms with Gasteiger partial charge in [-0.05, 0) is 6.07 Å². The Hall–Kier alpha value is -1.89. The van der Waals surface area contributed by atoms with Crippen LogP contribution in [0.3, 0.4) is 0 Å². The molecule has 0 saturated heterocycles. The second kappa shape index (κ2) is 7.51. The monoisotopic (exact) mass is 206 g/mol. The Morgan fingerprint density at radius 1 is 1.53 bits per heavy atom. The van der Waals surface area contributed by atoms with Crippen molar-refractivity contribution < 1.29 is 9.53 Å². The van der Waals surface area contributed by atoms with Crippen LogP contribution in [0.1, 0.15) is 30.6 Å². The van der Waals surface area contributed by atoms with Gasteiger partial charge in [-0.25, -0.2) is 4.98 Å². The number of hydrogen-bond acceptors (Lipinski definition) is 4. The van der Waals surface area contributed by atoms with Crippen LogP contribution < -0.4 is 4.74 Å². The van der Waals surface area contributed by atoms with Crippen molar-refractivity contribution in [1.82, 2.24) is 4.98 Å². The van der Waals surface area contributed by atoms with Crippen LogP contribution in [0.15, 0.2) is 18.3 Å². The van der Waals surface area contributed by atoms with E-state index in [1.54, 1.807) is 18.2 Å². The van der Waals surface area contributed by atoms with Crippen LogP contribution in [0.5, 0.6) is 5.88 Å². The fourth-order valence-corrected chi connectivity index (χ4v) is 0.840. The summed E-state index contributed by atoms with van der Waals surface area (Å²) in [4.78, 5) is 15.0. The number of rotatable bonds is 3. The normalized spacial score (nSPS) is 8.13. The number of aromatic nitrogens is 1. The summed E-state index contributed by atoms with van der Waals surface area (Å²) in [7, 11) is 1.50. The van der Waals surface area contributed by atoms with Crippen LogP contribution in [0.25, 0.3) is 0 Å². The number of Topliss-reactive ketones (excluding diaryl/α,β-unsaturated/α-hetero) is 1. The topological polar surface area (TPSA) is 63.0 Å². The number of carbonyl (C=O) groups excluding carboxylic acids is 1. The highest BCUT2D eigenvalue weighted by Gasteiger charge is 2.04. The highest BCUT2D eigenvalue weighted by atomic mass is 16.5. The molecule has 0 spiro atoms. The first-order valence-corrected chi connectivity index (χ1v) is 4.68. The summed E-state index contributed by atoms with van der Waals surface area (Å²) in [5.74, 6) is 0.228. The summed E-state index contributed by atoms with van der Waals surface area (Å²) in [6.45, 7) is 4.00. The quantitative estimate of drug-likeness (QED) is 0.711. The number of nitrogens with zero attached hydrogens (tertiary/aromatic N) is 2. The number of carbonyl (C=O) groups is 1. The fourth-order valence-electron chi connectivity index (χ4n) is 0.840. The lowest BCUT2D eigenvalue weighted by Crippen LogP contribution is -1.98. The van der Waals surface area contributed by atoms with Gasteiger partial charge >= 0.3 is 0 Å². The Balaban J connectivity index is 0.000000921. The number of hydrogen-bond donors (Lipinski definition) is 0. The minimum Gasteiger partial charge on any atom is -0.481 e. The standard InChI is InChI=1S/C9H8N2O2.C2H6/c1-13-9-3-2-7(6-11-9)8(12)4-5-10;1-2/h2-3,6H,4H2,1H3;1-2H3. The van der Waals surface area contributed by atoms with Crippen molar-refractivity contribution in [2.24, 2.45) is 0 Å². The molecule has 0 bridgehead atoms. The first-order chi connectivity index (χ1) is 7.27. The first kappa shape index (κ1) is 13.1. The average Bonchev–Trinajstić information content (AvgIpc) is 2.32. The Morgan fingerprint density at radius 2 is 2.20 bits per heavy atom. The number of methoxy groups -OCH3 is 1. The summed E-state index contributed by atoms with van der Waals surface area (Å²) >= 11 is 0. The lowest BCUT2D eigenvalue weighted by molar-refractivity contribution is 0.0997. The highest BCUT2D eigenvalue weighted by Crippen LogP contribution is 2.07. The van der Waals surface area contributed by atoms with Gasteiger partial charge in [-0.2, -0.15) is 5.26 Å². The highest BCUT2D eigenvalue weighted by molar-refractivity contribution is 5.97. The molecule has 1 heterocycles. The van der Waals surface area contributed by atoms with Gasteiger partial charge in [0.25, 0.3) is 0 Å². The zero-order chi connectivity index (χ0) is 11.7. The van der Waals surface area contributed by atoms with Gasteiger partial charge in [-0.3, -0.25) is 4.79 Å². The van der Waals surface area contributed by atoms with E-state index in [-0.39, 0.29) is 12.2 Å². The van der Waals surface area contributed by atoms with E-state index in [1.807, 2.05) is 13.8 Å². The van der Waals surface area contributed by atoms with Gasteiger partial charge in [0, 0.05) is 17.8 Å². The third kappa shape index (κ3) is 4.23. The van der Waals surface area contributed by atoms with E-state index in [0.29, 0.717) is 11.4 Å². The van der Waals surface area contributed by atoms with Crippen LogP contribution in [-0.4, -0.2) is 17.9 Å². The molecule has 0 unspecified atom stereocenters. The lowest BCUT2D eigenvalue weighted by atomic mass is 10.1. The van der Waals surface area contributed by atoms with Crippen LogP contribution in [0.4, 0.5) is 0 Å². The van der Waals surface area contributed by atoms with E-state index in [0.717, 1.165) is 0 Å². The van der Waals surface area contributed by atoms with Gasteiger partial charge in [0.1, 0.15) is 0 Å². The summed E-state index contributed by atoms with van der Waals surface area (Å²) in [6, 6.07) is 4.96. The molecule has 4 nitrogen and oxygen atoms in total. The molecule has 80 valence electrons. The average molecular weight is 206 g/mol. The molecule has 1 aromatic heterocycles. The first-order valence-electron chi connectivity index (χ1n) is 4.68. The number of pyridine rings is 1. The molecular weight excluding hydrogens is 192 g/mol. The molecular formula is C11H14N2O2. The molecule has 4 heteroatoms. The number of nitriles is 1. The van der Waals surface area contributed by atoms with Crippen molar-refractivity contribution in [2.45, 2.75) is 20.3 Å². The van der Waals surface area contributed by atoms with E-state index in [2.05, 4.69) is 4.98 Å². The molecule has 0 fully saturated rings. The van der Waals surface area contributed by atoms with Crippen molar-refractivity contribution in [3.63, 3.8) is 0 Å². The maximum Gasteiger partial charge on any atom is 0.212 e. The SMILES string of the molecule is CC.COc1ccc(C(=O)CC#N)cn1. The smallest absolute Gasteiger partial charge is 0.212 e. The van der Waals surface area contributed by atoms with Crippen molar-refractivity contribution in [1.29, 1.82) is 5.26 Å². The van der Waals surface area contributed by atoms with E-state index in [1.165, 1.54) is 13.3 Å². The van der Waals surface area contributed by atoms with E-state index in [4.69, 9.17) is 10.00 Å². The minimum atomic E-state index is -0.224. The fraction of sp³-hybridized carbons (Fsp3) is 0.364. The Labute approximate surface area is 89.5 Å². The Morgan fingerprint density at radius 3 is 2.60 bits per heavy atom. The third-order valence-corrected chi connectivity index (χ3v) is 1.51. The number of ether oxygens (including phenoxy) is 1. The summed E-state index contributed by atoms with van der Waals surface area (Å²) in [6.07, 6.45) is 1.28. The molecule has 0 saturated carbocycles.